The summed E-state index contributed by atoms with van der Waals surface area (Å²) in [5.74, 6) is 0.802. The maximum absolute atomic E-state index is 12.1. The largest absolute Gasteiger partial charge is 0.435 e. The van der Waals surface area contributed by atoms with Crippen molar-refractivity contribution in [2.75, 3.05) is 5.32 Å². The molecule has 0 saturated carbocycles. The number of hydrogen-bond acceptors (Lipinski definition) is 4. The van der Waals surface area contributed by atoms with E-state index in [0.29, 0.717) is 12.4 Å². The van der Waals surface area contributed by atoms with E-state index in [0.717, 1.165) is 16.6 Å². The maximum Gasteiger partial charge on any atom is 0.387 e. The van der Waals surface area contributed by atoms with Crippen molar-refractivity contribution in [1.82, 2.24) is 9.97 Å². The zero-order valence-corrected chi connectivity index (χ0v) is 11.5. The molecule has 0 spiro atoms. The smallest absolute Gasteiger partial charge is 0.387 e. The number of nitrogens with zero attached hydrogens (tertiary/aromatic N) is 2. The molecule has 1 aromatic heterocycles. The summed E-state index contributed by atoms with van der Waals surface area (Å²) in [6, 6.07) is 14.1. The van der Waals surface area contributed by atoms with Gasteiger partial charge in [0.25, 0.3) is 0 Å². The highest BCUT2D eigenvalue weighted by molar-refractivity contribution is 5.75. The van der Waals surface area contributed by atoms with Gasteiger partial charge in [0.15, 0.2) is 0 Å². The molecule has 6 heteroatoms. The Morgan fingerprint density at radius 2 is 1.73 bits per heavy atom. The number of para-hydroxylation sites is 2. The summed E-state index contributed by atoms with van der Waals surface area (Å²) >= 11 is 0. The minimum Gasteiger partial charge on any atom is -0.435 e. The van der Waals surface area contributed by atoms with E-state index in [9.17, 15) is 8.78 Å². The number of benzene rings is 2. The Bertz CT molecular complexity index is 763. The van der Waals surface area contributed by atoms with Crippen molar-refractivity contribution in [3.63, 3.8) is 0 Å². The Morgan fingerprint density at radius 1 is 1.00 bits per heavy atom. The van der Waals surface area contributed by atoms with Gasteiger partial charge in [-0.25, -0.2) is 4.98 Å². The van der Waals surface area contributed by atoms with E-state index in [1.54, 1.807) is 18.3 Å². The summed E-state index contributed by atoms with van der Waals surface area (Å²) in [6.45, 7) is -2.29. The molecule has 0 atom stereocenters. The van der Waals surface area contributed by atoms with Crippen LogP contribution in [0.5, 0.6) is 5.75 Å². The Labute approximate surface area is 125 Å². The summed E-state index contributed by atoms with van der Waals surface area (Å²) in [4.78, 5) is 8.76. The normalized spacial score (nSPS) is 10.9. The van der Waals surface area contributed by atoms with Crippen LogP contribution in [0.3, 0.4) is 0 Å². The molecule has 0 aliphatic carbocycles. The van der Waals surface area contributed by atoms with Crippen LogP contribution in [0.4, 0.5) is 14.6 Å². The van der Waals surface area contributed by atoms with Crippen LogP contribution in [0.2, 0.25) is 0 Å². The summed E-state index contributed by atoms with van der Waals surface area (Å²) in [6.07, 6.45) is 1.66. The van der Waals surface area contributed by atoms with Crippen molar-refractivity contribution >= 4 is 16.9 Å². The SMILES string of the molecule is FC(F)Oc1ccc(CNc2cnc3ccccc3n2)cc1. The molecular weight excluding hydrogens is 288 g/mol. The predicted molar refractivity (Wildman–Crippen MR) is 79.9 cm³/mol. The third-order valence-electron chi connectivity index (χ3n) is 3.07. The van der Waals surface area contributed by atoms with Crippen LogP contribution in [0, 0.1) is 0 Å². The molecule has 0 aliphatic rings. The van der Waals surface area contributed by atoms with Gasteiger partial charge in [0, 0.05) is 6.54 Å². The number of aromatic nitrogens is 2. The molecule has 4 nitrogen and oxygen atoms in total. The molecule has 3 rings (SSSR count). The predicted octanol–water partition coefficient (Wildman–Crippen LogP) is 3.84. The average Bonchev–Trinajstić information content (AvgIpc) is 2.53. The van der Waals surface area contributed by atoms with Gasteiger partial charge in [0.2, 0.25) is 0 Å². The molecule has 2 aromatic carbocycles. The molecule has 0 amide bonds. The third kappa shape index (κ3) is 3.46. The molecule has 22 heavy (non-hydrogen) atoms. The fourth-order valence-corrected chi connectivity index (χ4v) is 2.02. The first kappa shape index (κ1) is 14.2. The fourth-order valence-electron chi connectivity index (χ4n) is 2.02. The molecule has 3 aromatic rings. The topological polar surface area (TPSA) is 47.0 Å². The fraction of sp³-hybridized carbons (Fsp3) is 0.125. The second-order valence-corrected chi connectivity index (χ2v) is 4.62. The molecule has 0 bridgehead atoms. The number of nitrogens with one attached hydrogen (secondary N) is 1. The summed E-state index contributed by atoms with van der Waals surface area (Å²) in [5.41, 5.74) is 2.58. The van der Waals surface area contributed by atoms with Crippen molar-refractivity contribution in [3.05, 3.63) is 60.3 Å². The highest BCUT2D eigenvalue weighted by Gasteiger charge is 2.04. The van der Waals surface area contributed by atoms with Crippen molar-refractivity contribution in [3.8, 4) is 5.75 Å². The monoisotopic (exact) mass is 301 g/mol. The summed E-state index contributed by atoms with van der Waals surface area (Å²) < 4.78 is 28.4. The van der Waals surface area contributed by atoms with Crippen molar-refractivity contribution < 1.29 is 13.5 Å². The molecule has 1 heterocycles. The lowest BCUT2D eigenvalue weighted by atomic mass is 10.2. The Hall–Kier alpha value is -2.76. The molecule has 0 fully saturated rings. The maximum atomic E-state index is 12.1. The number of fused-ring (bicyclic) bond motifs is 1. The number of hydrogen-bond donors (Lipinski definition) is 1. The zero-order chi connectivity index (χ0) is 15.4. The first-order chi connectivity index (χ1) is 10.7. The number of rotatable bonds is 5. The second kappa shape index (κ2) is 6.34. The Morgan fingerprint density at radius 3 is 2.45 bits per heavy atom. The van der Waals surface area contributed by atoms with Gasteiger partial charge in [-0.15, -0.1) is 0 Å². The lowest BCUT2D eigenvalue weighted by molar-refractivity contribution is -0.0498. The van der Waals surface area contributed by atoms with Crippen LogP contribution in [-0.4, -0.2) is 16.6 Å². The van der Waals surface area contributed by atoms with Gasteiger partial charge in [-0.05, 0) is 29.8 Å². The molecule has 0 saturated heterocycles. The number of ether oxygens (including phenoxy) is 1. The van der Waals surface area contributed by atoms with Crippen LogP contribution in [0.15, 0.2) is 54.7 Å². The van der Waals surface area contributed by atoms with E-state index in [1.165, 1.54) is 12.1 Å². The molecule has 0 unspecified atom stereocenters. The Kier molecular flexibility index (Phi) is 4.09. The van der Waals surface area contributed by atoms with Crippen LogP contribution in [-0.2, 0) is 6.54 Å². The van der Waals surface area contributed by atoms with Crippen molar-refractivity contribution in [2.45, 2.75) is 13.2 Å². The number of anilines is 1. The molecule has 0 radical (unpaired) electrons. The second-order valence-electron chi connectivity index (χ2n) is 4.62. The number of alkyl halides is 2. The van der Waals surface area contributed by atoms with Gasteiger partial charge in [-0.3, -0.25) is 4.98 Å². The van der Waals surface area contributed by atoms with Gasteiger partial charge in [-0.1, -0.05) is 24.3 Å². The van der Waals surface area contributed by atoms with Gasteiger partial charge < -0.3 is 10.1 Å². The highest BCUT2D eigenvalue weighted by atomic mass is 19.3. The van der Waals surface area contributed by atoms with Gasteiger partial charge >= 0.3 is 6.61 Å². The average molecular weight is 301 g/mol. The minimum absolute atomic E-state index is 0.143. The number of halogens is 2. The summed E-state index contributed by atoms with van der Waals surface area (Å²) in [7, 11) is 0. The standard InChI is InChI=1S/C16H13F2N3O/c17-16(18)22-12-7-5-11(6-8-12)9-20-15-10-19-13-3-1-2-4-14(13)21-15/h1-8,10,16H,9H2,(H,20,21). The Balaban J connectivity index is 1.65. The van der Waals surface area contributed by atoms with E-state index in [4.69, 9.17) is 0 Å². The molecular formula is C16H13F2N3O. The first-order valence-corrected chi connectivity index (χ1v) is 6.70. The minimum atomic E-state index is -2.81. The highest BCUT2D eigenvalue weighted by Crippen LogP contribution is 2.16. The molecule has 112 valence electrons. The molecule has 0 aliphatic heterocycles. The van der Waals surface area contributed by atoms with E-state index in [2.05, 4.69) is 20.0 Å². The van der Waals surface area contributed by atoms with E-state index < -0.39 is 6.61 Å². The quantitative estimate of drug-likeness (QED) is 0.777. The van der Waals surface area contributed by atoms with Crippen molar-refractivity contribution in [1.29, 1.82) is 0 Å². The van der Waals surface area contributed by atoms with E-state index in [-0.39, 0.29) is 5.75 Å². The van der Waals surface area contributed by atoms with Crippen LogP contribution < -0.4 is 10.1 Å². The van der Waals surface area contributed by atoms with Crippen molar-refractivity contribution in [2.24, 2.45) is 0 Å². The summed E-state index contributed by atoms with van der Waals surface area (Å²) in [5, 5.41) is 3.15. The lowest BCUT2D eigenvalue weighted by Gasteiger charge is -2.08. The van der Waals surface area contributed by atoms with Gasteiger partial charge in [0.1, 0.15) is 11.6 Å². The zero-order valence-electron chi connectivity index (χ0n) is 11.5. The molecule has 1 N–H and O–H groups in total. The van der Waals surface area contributed by atoms with Gasteiger partial charge in [-0.2, -0.15) is 8.78 Å². The third-order valence-corrected chi connectivity index (χ3v) is 3.07. The van der Waals surface area contributed by atoms with E-state index >= 15 is 0 Å². The van der Waals surface area contributed by atoms with E-state index in [1.807, 2.05) is 24.3 Å². The van der Waals surface area contributed by atoms with Crippen LogP contribution in [0.1, 0.15) is 5.56 Å². The van der Waals surface area contributed by atoms with Crippen LogP contribution in [0.25, 0.3) is 11.0 Å². The van der Waals surface area contributed by atoms with Gasteiger partial charge in [0.05, 0.1) is 17.2 Å². The first-order valence-electron chi connectivity index (χ1n) is 6.70. The lowest BCUT2D eigenvalue weighted by Crippen LogP contribution is -2.03. The van der Waals surface area contributed by atoms with Crippen LogP contribution >= 0.6 is 0 Å².